The summed E-state index contributed by atoms with van der Waals surface area (Å²) >= 11 is 6.54. The van der Waals surface area contributed by atoms with Crippen molar-refractivity contribution in [1.29, 1.82) is 0 Å². The van der Waals surface area contributed by atoms with Crippen LogP contribution in [0.4, 0.5) is 4.39 Å². The summed E-state index contributed by atoms with van der Waals surface area (Å²) in [6, 6.07) is 14.3. The zero-order valence-corrected chi connectivity index (χ0v) is 27.5. The summed E-state index contributed by atoms with van der Waals surface area (Å²) in [6.45, 7) is 7.70. The average molecular weight is 658 g/mol. The number of nitrogens with zero attached hydrogens (tertiary/aromatic N) is 5. The quantitative estimate of drug-likeness (QED) is 0.183. The van der Waals surface area contributed by atoms with E-state index in [1.54, 1.807) is 48.7 Å². The molecule has 0 unspecified atom stereocenters. The number of aromatic amines is 1. The maximum Gasteiger partial charge on any atom is 0.306 e. The molecule has 0 saturated heterocycles. The summed E-state index contributed by atoms with van der Waals surface area (Å²) < 4.78 is 22.0. The maximum atomic E-state index is 16.2. The first kappa shape index (κ1) is 32.3. The van der Waals surface area contributed by atoms with Crippen LogP contribution in [0.3, 0.4) is 0 Å². The van der Waals surface area contributed by atoms with E-state index in [0.717, 1.165) is 12.8 Å². The van der Waals surface area contributed by atoms with Gasteiger partial charge in [-0.2, -0.15) is 5.10 Å². The molecule has 12 heteroatoms. The second-order valence-corrected chi connectivity index (χ2v) is 14.3. The molecule has 0 bridgehead atoms. The number of hydrogen-bond acceptors (Lipinski definition) is 8. The number of hydrogen-bond donors (Lipinski definition) is 2. The number of amides is 1. The lowest BCUT2D eigenvalue weighted by Gasteiger charge is -2.35. The predicted molar refractivity (Wildman–Crippen MR) is 176 cm³/mol. The van der Waals surface area contributed by atoms with Crippen LogP contribution >= 0.6 is 11.6 Å². The molecule has 1 aliphatic heterocycles. The van der Waals surface area contributed by atoms with E-state index in [4.69, 9.17) is 27.1 Å². The van der Waals surface area contributed by atoms with E-state index in [0.29, 0.717) is 33.2 Å². The normalized spacial score (nSPS) is 19.4. The number of aliphatic imine (C=N–C) groups is 1. The summed E-state index contributed by atoms with van der Waals surface area (Å²) in [4.78, 5) is 42.5. The highest BCUT2D eigenvalue weighted by Gasteiger charge is 2.54. The van der Waals surface area contributed by atoms with Crippen LogP contribution in [0.25, 0.3) is 22.6 Å². The predicted octanol–water partition coefficient (Wildman–Crippen LogP) is 6.59. The van der Waals surface area contributed by atoms with Gasteiger partial charge in [-0.15, -0.1) is 0 Å². The molecular weight excluding hydrogens is 621 g/mol. The Morgan fingerprint density at radius 2 is 1.94 bits per heavy atom. The van der Waals surface area contributed by atoms with Crippen molar-refractivity contribution in [3.63, 3.8) is 0 Å². The number of guanidine groups is 1. The van der Waals surface area contributed by atoms with Crippen LogP contribution in [0.2, 0.25) is 5.02 Å². The number of halogens is 2. The van der Waals surface area contributed by atoms with Crippen LogP contribution in [0.15, 0.2) is 72.1 Å². The van der Waals surface area contributed by atoms with E-state index in [2.05, 4.69) is 20.2 Å². The highest BCUT2D eigenvalue weighted by Crippen LogP contribution is 2.49. The minimum Gasteiger partial charge on any atom is -0.463 e. The standard InChI is InChI=1S/C35H37ClFN7O3/c1-33(2,3)19-35(24-10-8-21(16-26(24)37)27-7-5-6-14-39-27)31(46)44(32(38)42-35)28(18-47-29(45)17-34(4)12-13-34)22-9-11-25(36)23(15-22)30-40-20-41-43-30/h5-11,14-16,20,28H,12-13,17-19H2,1-4H3,(H2,38,42)(H,40,41,43)/t28-,35-/m1/s1. The molecule has 1 fully saturated rings. The average Bonchev–Trinajstić information content (AvgIpc) is 3.39. The highest BCUT2D eigenvalue weighted by atomic mass is 35.5. The number of H-pyrrole nitrogens is 1. The van der Waals surface area contributed by atoms with Gasteiger partial charge in [0.15, 0.2) is 17.3 Å². The fourth-order valence-corrected chi connectivity index (χ4v) is 6.35. The van der Waals surface area contributed by atoms with E-state index < -0.39 is 28.7 Å². The van der Waals surface area contributed by atoms with Gasteiger partial charge in [0.05, 0.1) is 23.2 Å². The zero-order valence-electron chi connectivity index (χ0n) is 26.8. The molecule has 2 aromatic carbocycles. The lowest BCUT2D eigenvalue weighted by molar-refractivity contribution is -0.148. The number of ether oxygens (including phenoxy) is 1. The van der Waals surface area contributed by atoms with Gasteiger partial charge in [-0.3, -0.25) is 24.6 Å². The number of benzene rings is 2. The smallest absolute Gasteiger partial charge is 0.306 e. The van der Waals surface area contributed by atoms with Crippen LogP contribution in [0.5, 0.6) is 0 Å². The first-order valence-electron chi connectivity index (χ1n) is 15.5. The van der Waals surface area contributed by atoms with Crippen LogP contribution in [0.1, 0.15) is 70.5 Å². The van der Waals surface area contributed by atoms with Gasteiger partial charge in [-0.25, -0.2) is 14.4 Å². The number of esters is 1. The van der Waals surface area contributed by atoms with E-state index in [1.165, 1.54) is 17.3 Å². The minimum absolute atomic E-state index is 0.0723. The Kier molecular flexibility index (Phi) is 8.38. The summed E-state index contributed by atoms with van der Waals surface area (Å²) in [6.07, 6.45) is 5.32. The molecule has 1 aliphatic carbocycles. The molecule has 6 rings (SSSR count). The van der Waals surface area contributed by atoms with Crippen LogP contribution in [-0.4, -0.2) is 49.5 Å². The lowest BCUT2D eigenvalue weighted by atomic mass is 9.75. The Morgan fingerprint density at radius 1 is 1.15 bits per heavy atom. The molecule has 47 heavy (non-hydrogen) atoms. The fourth-order valence-electron chi connectivity index (χ4n) is 6.15. The third-order valence-electron chi connectivity index (χ3n) is 8.72. The Morgan fingerprint density at radius 3 is 2.57 bits per heavy atom. The molecule has 0 radical (unpaired) electrons. The van der Waals surface area contributed by atoms with Gasteiger partial charge in [0, 0.05) is 22.9 Å². The minimum atomic E-state index is -1.68. The SMILES string of the molecule is CC(C)(C)C[C@]1(c2ccc(-c3ccccn3)cc2F)N=C(N)N([C@H](COC(=O)CC2(C)CC2)c2ccc(Cl)c(-c3ncn[nH]3)c2)C1=O. The third-order valence-corrected chi connectivity index (χ3v) is 9.05. The second kappa shape index (κ2) is 12.2. The zero-order chi connectivity index (χ0) is 33.6. The van der Waals surface area contributed by atoms with Crippen molar-refractivity contribution in [3.8, 4) is 22.6 Å². The lowest BCUT2D eigenvalue weighted by Crippen LogP contribution is -2.47. The first-order valence-corrected chi connectivity index (χ1v) is 15.9. The van der Waals surface area contributed by atoms with Crippen molar-refractivity contribution in [2.24, 2.45) is 21.6 Å². The van der Waals surface area contributed by atoms with Gasteiger partial charge in [-0.1, -0.05) is 63.6 Å². The number of pyridine rings is 1. The molecule has 2 atom stereocenters. The number of nitrogens with two attached hydrogens (primary N) is 1. The van der Waals surface area contributed by atoms with Crippen molar-refractivity contribution in [2.45, 2.75) is 65.0 Å². The number of carbonyl (C=O) groups is 2. The van der Waals surface area contributed by atoms with Gasteiger partial charge in [0.1, 0.15) is 18.8 Å². The van der Waals surface area contributed by atoms with Crippen LogP contribution in [-0.2, 0) is 19.9 Å². The van der Waals surface area contributed by atoms with Gasteiger partial charge in [0.2, 0.25) is 0 Å². The Balaban J connectivity index is 1.42. The van der Waals surface area contributed by atoms with Crippen molar-refractivity contribution in [3.05, 3.63) is 89.1 Å². The molecule has 1 saturated carbocycles. The van der Waals surface area contributed by atoms with Crippen molar-refractivity contribution < 1.29 is 18.7 Å². The van der Waals surface area contributed by atoms with E-state index in [1.807, 2.05) is 33.8 Å². The van der Waals surface area contributed by atoms with Crippen molar-refractivity contribution >= 4 is 29.4 Å². The molecule has 10 nitrogen and oxygen atoms in total. The summed E-state index contributed by atoms with van der Waals surface area (Å²) in [5.74, 6) is -1.21. The monoisotopic (exact) mass is 657 g/mol. The second-order valence-electron chi connectivity index (χ2n) is 13.9. The van der Waals surface area contributed by atoms with Crippen molar-refractivity contribution in [2.75, 3.05) is 6.61 Å². The molecular formula is C35H37ClFN7O3. The van der Waals surface area contributed by atoms with E-state index in [-0.39, 0.29) is 42.4 Å². The van der Waals surface area contributed by atoms with E-state index >= 15 is 4.39 Å². The van der Waals surface area contributed by atoms with Gasteiger partial charge in [0.25, 0.3) is 5.91 Å². The van der Waals surface area contributed by atoms with Gasteiger partial charge >= 0.3 is 5.97 Å². The maximum absolute atomic E-state index is 16.2. The topological polar surface area (TPSA) is 139 Å². The summed E-state index contributed by atoms with van der Waals surface area (Å²) in [7, 11) is 0. The number of nitrogens with one attached hydrogen (secondary N) is 1. The molecule has 4 aromatic rings. The Labute approximate surface area is 277 Å². The third kappa shape index (κ3) is 6.62. The first-order chi connectivity index (χ1) is 22.3. The molecule has 2 aliphatic rings. The highest BCUT2D eigenvalue weighted by molar-refractivity contribution is 6.33. The van der Waals surface area contributed by atoms with Crippen LogP contribution < -0.4 is 5.73 Å². The summed E-state index contributed by atoms with van der Waals surface area (Å²) in [5.41, 5.74) is 6.74. The van der Waals surface area contributed by atoms with Gasteiger partial charge < -0.3 is 10.5 Å². The number of aromatic nitrogens is 4. The van der Waals surface area contributed by atoms with Crippen molar-refractivity contribution in [1.82, 2.24) is 25.1 Å². The molecule has 3 heterocycles. The summed E-state index contributed by atoms with van der Waals surface area (Å²) in [5, 5.41) is 7.13. The Bertz CT molecular complexity index is 1840. The Hall–Kier alpha value is -4.64. The van der Waals surface area contributed by atoms with Gasteiger partial charge in [-0.05, 0) is 66.0 Å². The number of rotatable bonds is 10. The molecule has 244 valence electrons. The molecule has 3 N–H and O–H groups in total. The van der Waals surface area contributed by atoms with Crippen LogP contribution in [0, 0.1) is 16.6 Å². The van der Waals surface area contributed by atoms with E-state index in [9.17, 15) is 9.59 Å². The largest absolute Gasteiger partial charge is 0.463 e. The fraction of sp³-hybridized carbons (Fsp3) is 0.371. The molecule has 0 spiro atoms. The number of carbonyl (C=O) groups excluding carboxylic acids is 2. The molecule has 1 amide bonds. The molecule has 2 aromatic heterocycles.